The quantitative estimate of drug-likeness (QED) is 0.833. The second-order valence-electron chi connectivity index (χ2n) is 4.05. The van der Waals surface area contributed by atoms with E-state index in [9.17, 15) is 9.18 Å². The Bertz CT molecular complexity index is 629. The van der Waals surface area contributed by atoms with Gasteiger partial charge in [-0.1, -0.05) is 18.2 Å². The highest BCUT2D eigenvalue weighted by atomic mass is 19.1. The van der Waals surface area contributed by atoms with Crippen LogP contribution in [0.15, 0.2) is 42.5 Å². The fourth-order valence-electron chi connectivity index (χ4n) is 1.89. The van der Waals surface area contributed by atoms with E-state index in [0.29, 0.717) is 11.4 Å². The number of nitrogens with zero attached hydrogens (tertiary/aromatic N) is 1. The summed E-state index contributed by atoms with van der Waals surface area (Å²) in [5.74, 6) is -1.51. The first-order valence-corrected chi connectivity index (χ1v) is 5.62. The summed E-state index contributed by atoms with van der Waals surface area (Å²) < 4.78 is 13.7. The summed E-state index contributed by atoms with van der Waals surface area (Å²) in [5.41, 5.74) is 6.72. The maximum Gasteiger partial charge on any atom is 0.337 e. The minimum atomic E-state index is -1.11. The molecule has 0 unspecified atom stereocenters. The van der Waals surface area contributed by atoms with Crippen LogP contribution < -0.4 is 10.6 Å². The van der Waals surface area contributed by atoms with Crippen LogP contribution in [0.4, 0.5) is 21.5 Å². The van der Waals surface area contributed by atoms with Gasteiger partial charge in [0, 0.05) is 7.05 Å². The number of nitrogen functional groups attached to an aromatic ring is 1. The first-order chi connectivity index (χ1) is 9.02. The van der Waals surface area contributed by atoms with Crippen LogP contribution in [-0.2, 0) is 0 Å². The van der Waals surface area contributed by atoms with Crippen LogP contribution in [0, 0.1) is 5.82 Å². The van der Waals surface area contributed by atoms with Gasteiger partial charge in [-0.2, -0.15) is 0 Å². The summed E-state index contributed by atoms with van der Waals surface area (Å²) in [6, 6.07) is 10.9. The number of hydrogen-bond donors (Lipinski definition) is 2. The Balaban J connectivity index is 2.51. The van der Waals surface area contributed by atoms with E-state index in [0.717, 1.165) is 0 Å². The van der Waals surface area contributed by atoms with Gasteiger partial charge in [0.15, 0.2) is 0 Å². The van der Waals surface area contributed by atoms with E-state index in [1.165, 1.54) is 17.0 Å². The molecule has 98 valence electrons. The molecule has 0 bridgehead atoms. The van der Waals surface area contributed by atoms with E-state index >= 15 is 0 Å². The molecule has 0 fully saturated rings. The van der Waals surface area contributed by atoms with Gasteiger partial charge in [0.25, 0.3) is 0 Å². The minimum Gasteiger partial charge on any atom is -0.478 e. The Morgan fingerprint density at radius 3 is 2.42 bits per heavy atom. The molecule has 3 N–H and O–H groups in total. The summed E-state index contributed by atoms with van der Waals surface area (Å²) >= 11 is 0. The largest absolute Gasteiger partial charge is 0.478 e. The van der Waals surface area contributed by atoms with Gasteiger partial charge < -0.3 is 15.7 Å². The molecule has 0 spiro atoms. The highest BCUT2D eigenvalue weighted by Crippen LogP contribution is 2.32. The number of rotatable bonds is 3. The standard InChI is InChI=1S/C14H13FN2O2/c1-17(11-7-3-2-6-10(11)15)12-8-4-5-9(13(12)16)14(18)19/h2-8H,16H2,1H3,(H,18,19). The Morgan fingerprint density at radius 1 is 1.16 bits per heavy atom. The van der Waals surface area contributed by atoms with Crippen molar-refractivity contribution >= 4 is 23.0 Å². The second-order valence-corrected chi connectivity index (χ2v) is 4.05. The lowest BCUT2D eigenvalue weighted by molar-refractivity contribution is 0.0698. The van der Waals surface area contributed by atoms with E-state index in [2.05, 4.69) is 0 Å². The fraction of sp³-hybridized carbons (Fsp3) is 0.0714. The summed E-state index contributed by atoms with van der Waals surface area (Å²) in [5, 5.41) is 9.02. The highest BCUT2D eigenvalue weighted by Gasteiger charge is 2.16. The Hall–Kier alpha value is -2.56. The average molecular weight is 260 g/mol. The third kappa shape index (κ3) is 2.35. The van der Waals surface area contributed by atoms with Crippen LogP contribution in [-0.4, -0.2) is 18.1 Å². The van der Waals surface area contributed by atoms with Crippen molar-refractivity contribution in [2.75, 3.05) is 17.7 Å². The molecule has 19 heavy (non-hydrogen) atoms. The predicted octanol–water partition coefficient (Wildman–Crippen LogP) is 2.87. The topological polar surface area (TPSA) is 66.6 Å². The number of para-hydroxylation sites is 2. The number of halogens is 1. The molecular formula is C14H13FN2O2. The number of hydrogen-bond acceptors (Lipinski definition) is 3. The van der Waals surface area contributed by atoms with Gasteiger partial charge in [-0.25, -0.2) is 9.18 Å². The van der Waals surface area contributed by atoms with Gasteiger partial charge in [0.2, 0.25) is 0 Å². The van der Waals surface area contributed by atoms with Crippen molar-refractivity contribution in [1.29, 1.82) is 0 Å². The smallest absolute Gasteiger partial charge is 0.337 e. The van der Waals surface area contributed by atoms with Gasteiger partial charge in [0.05, 0.1) is 22.6 Å². The molecule has 0 aliphatic carbocycles. The molecule has 5 heteroatoms. The van der Waals surface area contributed by atoms with Crippen molar-refractivity contribution in [3.8, 4) is 0 Å². The van der Waals surface area contributed by atoms with Crippen molar-refractivity contribution in [3.63, 3.8) is 0 Å². The number of aromatic carboxylic acids is 1. The second kappa shape index (κ2) is 4.97. The lowest BCUT2D eigenvalue weighted by Gasteiger charge is -2.22. The third-order valence-corrected chi connectivity index (χ3v) is 2.89. The summed E-state index contributed by atoms with van der Waals surface area (Å²) in [7, 11) is 1.63. The molecule has 0 heterocycles. The molecular weight excluding hydrogens is 247 g/mol. The molecule has 0 radical (unpaired) electrons. The third-order valence-electron chi connectivity index (χ3n) is 2.89. The van der Waals surface area contributed by atoms with Crippen LogP contribution in [0.1, 0.15) is 10.4 Å². The number of carboxylic acid groups (broad SMARTS) is 1. The molecule has 0 aliphatic rings. The molecule has 0 saturated heterocycles. The molecule has 0 atom stereocenters. The van der Waals surface area contributed by atoms with Gasteiger partial charge in [-0.05, 0) is 24.3 Å². The van der Waals surface area contributed by atoms with Crippen LogP contribution in [0.2, 0.25) is 0 Å². The summed E-state index contributed by atoms with van der Waals surface area (Å²) in [6.45, 7) is 0. The van der Waals surface area contributed by atoms with Crippen LogP contribution in [0.25, 0.3) is 0 Å². The van der Waals surface area contributed by atoms with Crippen LogP contribution >= 0.6 is 0 Å². The van der Waals surface area contributed by atoms with Crippen molar-refractivity contribution in [2.45, 2.75) is 0 Å². The van der Waals surface area contributed by atoms with Gasteiger partial charge in [-0.3, -0.25) is 0 Å². The Kier molecular flexibility index (Phi) is 3.37. The molecule has 2 aromatic rings. The lowest BCUT2D eigenvalue weighted by atomic mass is 10.1. The number of benzene rings is 2. The van der Waals surface area contributed by atoms with E-state index in [1.807, 2.05) is 0 Å². The molecule has 0 amide bonds. The zero-order chi connectivity index (χ0) is 14.0. The van der Waals surface area contributed by atoms with Crippen molar-refractivity contribution in [1.82, 2.24) is 0 Å². The van der Waals surface area contributed by atoms with Crippen molar-refractivity contribution < 1.29 is 14.3 Å². The van der Waals surface area contributed by atoms with Crippen molar-refractivity contribution in [3.05, 3.63) is 53.8 Å². The monoisotopic (exact) mass is 260 g/mol. The summed E-state index contributed by atoms with van der Waals surface area (Å²) in [6.07, 6.45) is 0. The fourth-order valence-corrected chi connectivity index (χ4v) is 1.89. The molecule has 0 saturated carbocycles. The number of anilines is 3. The molecule has 2 rings (SSSR count). The van der Waals surface area contributed by atoms with E-state index in [4.69, 9.17) is 10.8 Å². The predicted molar refractivity (Wildman–Crippen MR) is 72.3 cm³/mol. The van der Waals surface area contributed by atoms with Gasteiger partial charge in [0.1, 0.15) is 5.82 Å². The lowest BCUT2D eigenvalue weighted by Crippen LogP contribution is -2.15. The maximum atomic E-state index is 13.7. The Morgan fingerprint density at radius 2 is 1.79 bits per heavy atom. The first kappa shape index (κ1) is 12.9. The van der Waals surface area contributed by atoms with Gasteiger partial charge in [-0.15, -0.1) is 0 Å². The van der Waals surface area contributed by atoms with Gasteiger partial charge >= 0.3 is 5.97 Å². The van der Waals surface area contributed by atoms with Crippen LogP contribution in [0.5, 0.6) is 0 Å². The first-order valence-electron chi connectivity index (χ1n) is 5.62. The van der Waals surface area contributed by atoms with Crippen LogP contribution in [0.3, 0.4) is 0 Å². The van der Waals surface area contributed by atoms with E-state index in [-0.39, 0.29) is 11.3 Å². The molecule has 0 aliphatic heterocycles. The number of carbonyl (C=O) groups is 1. The normalized spacial score (nSPS) is 10.2. The maximum absolute atomic E-state index is 13.7. The minimum absolute atomic E-state index is 0.000638. The molecule has 0 aromatic heterocycles. The number of nitrogens with two attached hydrogens (primary N) is 1. The highest BCUT2D eigenvalue weighted by molar-refractivity contribution is 5.97. The average Bonchev–Trinajstić information content (AvgIpc) is 2.38. The number of carboxylic acids is 1. The molecule has 4 nitrogen and oxygen atoms in total. The Labute approximate surface area is 109 Å². The van der Waals surface area contributed by atoms with E-state index < -0.39 is 11.8 Å². The SMILES string of the molecule is CN(c1ccccc1F)c1cccc(C(=O)O)c1N. The molecule has 2 aromatic carbocycles. The van der Waals surface area contributed by atoms with E-state index in [1.54, 1.807) is 37.4 Å². The van der Waals surface area contributed by atoms with Crippen molar-refractivity contribution in [2.24, 2.45) is 0 Å². The zero-order valence-corrected chi connectivity index (χ0v) is 10.3. The summed E-state index contributed by atoms with van der Waals surface area (Å²) in [4.78, 5) is 12.6. The zero-order valence-electron chi connectivity index (χ0n) is 10.3.